The first-order valence-electron chi connectivity index (χ1n) is 4.57. The number of hydrogen-bond donors (Lipinski definition) is 3. The number of amides is 2. The van der Waals surface area contributed by atoms with Crippen LogP contribution >= 0.6 is 0 Å². The van der Waals surface area contributed by atoms with E-state index in [0.29, 0.717) is 22.5 Å². The average Bonchev–Trinajstić information content (AvgIpc) is 2.54. The highest BCUT2D eigenvalue weighted by Gasteiger charge is 2.31. The van der Waals surface area contributed by atoms with Crippen LogP contribution in [-0.2, 0) is 0 Å². The predicted molar refractivity (Wildman–Crippen MR) is 57.3 cm³/mol. The van der Waals surface area contributed by atoms with E-state index in [2.05, 4.69) is 16.0 Å². The molecule has 5 heteroatoms. The Morgan fingerprint density at radius 3 is 1.67 bits per heavy atom. The third-order valence-corrected chi connectivity index (χ3v) is 2.43. The molecule has 0 atom stereocenters. The van der Waals surface area contributed by atoms with Gasteiger partial charge in [0, 0.05) is 25.5 Å². The molecule has 1 heterocycles. The van der Waals surface area contributed by atoms with Crippen LogP contribution in [0.4, 0.5) is 11.4 Å². The molecule has 0 saturated carbocycles. The number of imide groups is 1. The second-order valence-corrected chi connectivity index (χ2v) is 3.19. The predicted octanol–water partition coefficient (Wildman–Crippen LogP) is 0.654. The number of carbonyl (C=O) groups is 2. The van der Waals surface area contributed by atoms with E-state index in [1.807, 2.05) is 0 Å². The molecule has 1 aromatic carbocycles. The summed E-state index contributed by atoms with van der Waals surface area (Å²) in [7, 11) is 3.43. The Hall–Kier alpha value is -2.04. The zero-order valence-corrected chi connectivity index (χ0v) is 8.47. The van der Waals surface area contributed by atoms with Crippen molar-refractivity contribution < 1.29 is 9.59 Å². The van der Waals surface area contributed by atoms with Gasteiger partial charge in [0.25, 0.3) is 11.8 Å². The lowest BCUT2D eigenvalue weighted by atomic mass is 10.1. The summed E-state index contributed by atoms with van der Waals surface area (Å²) in [6.07, 6.45) is 0. The molecule has 5 nitrogen and oxygen atoms in total. The van der Waals surface area contributed by atoms with E-state index in [1.54, 1.807) is 26.2 Å². The molecule has 15 heavy (non-hydrogen) atoms. The van der Waals surface area contributed by atoms with Crippen molar-refractivity contribution in [2.45, 2.75) is 0 Å². The van der Waals surface area contributed by atoms with Crippen LogP contribution in [0.3, 0.4) is 0 Å². The fraction of sp³-hybridized carbons (Fsp3) is 0.200. The first kappa shape index (κ1) is 9.51. The van der Waals surface area contributed by atoms with E-state index in [4.69, 9.17) is 0 Å². The minimum Gasteiger partial charge on any atom is -0.387 e. The molecule has 0 spiro atoms. The lowest BCUT2D eigenvalue weighted by Crippen LogP contribution is -2.20. The molecule has 0 aromatic heterocycles. The van der Waals surface area contributed by atoms with Crippen LogP contribution in [0, 0.1) is 0 Å². The van der Waals surface area contributed by atoms with Crippen molar-refractivity contribution in [2.24, 2.45) is 0 Å². The molecule has 0 radical (unpaired) electrons. The number of nitrogens with one attached hydrogen (secondary N) is 3. The Bertz CT molecular complexity index is 413. The molecule has 0 saturated heterocycles. The molecule has 0 aliphatic carbocycles. The van der Waals surface area contributed by atoms with Crippen molar-refractivity contribution in [2.75, 3.05) is 24.7 Å². The average molecular weight is 205 g/mol. The van der Waals surface area contributed by atoms with Gasteiger partial charge in [0.05, 0.1) is 11.1 Å². The number of carbonyl (C=O) groups excluding carboxylic acids is 2. The normalized spacial score (nSPS) is 13.5. The largest absolute Gasteiger partial charge is 0.387 e. The van der Waals surface area contributed by atoms with Crippen LogP contribution in [0.15, 0.2) is 12.1 Å². The summed E-state index contributed by atoms with van der Waals surface area (Å²) in [6, 6.07) is 3.53. The monoisotopic (exact) mass is 205 g/mol. The fourth-order valence-electron chi connectivity index (χ4n) is 1.72. The van der Waals surface area contributed by atoms with Gasteiger partial charge in [-0.05, 0) is 12.1 Å². The SMILES string of the molecule is CNc1ccc(NC)c2c1C(=O)NC2=O. The Morgan fingerprint density at radius 1 is 0.933 bits per heavy atom. The first-order chi connectivity index (χ1) is 7.19. The summed E-state index contributed by atoms with van der Waals surface area (Å²) in [5.41, 5.74) is 2.14. The van der Waals surface area contributed by atoms with Gasteiger partial charge in [-0.1, -0.05) is 0 Å². The summed E-state index contributed by atoms with van der Waals surface area (Å²) in [5.74, 6) is -0.701. The van der Waals surface area contributed by atoms with Gasteiger partial charge in [0.1, 0.15) is 0 Å². The van der Waals surface area contributed by atoms with Gasteiger partial charge in [0.15, 0.2) is 0 Å². The van der Waals surface area contributed by atoms with E-state index in [0.717, 1.165) is 0 Å². The minimum absolute atomic E-state index is 0.351. The third-order valence-electron chi connectivity index (χ3n) is 2.43. The number of anilines is 2. The zero-order valence-electron chi connectivity index (χ0n) is 8.47. The first-order valence-corrected chi connectivity index (χ1v) is 4.57. The highest BCUT2D eigenvalue weighted by molar-refractivity contribution is 6.26. The Kier molecular flexibility index (Phi) is 2.07. The second-order valence-electron chi connectivity index (χ2n) is 3.19. The van der Waals surface area contributed by atoms with E-state index in [1.165, 1.54) is 0 Å². The van der Waals surface area contributed by atoms with E-state index >= 15 is 0 Å². The number of hydrogen-bond acceptors (Lipinski definition) is 4. The van der Waals surface area contributed by atoms with Crippen molar-refractivity contribution in [3.05, 3.63) is 23.3 Å². The molecule has 0 unspecified atom stereocenters. The van der Waals surface area contributed by atoms with Crippen LogP contribution in [0.2, 0.25) is 0 Å². The van der Waals surface area contributed by atoms with E-state index in [9.17, 15) is 9.59 Å². The highest BCUT2D eigenvalue weighted by Crippen LogP contribution is 2.30. The lowest BCUT2D eigenvalue weighted by Gasteiger charge is -2.08. The van der Waals surface area contributed by atoms with Crippen LogP contribution in [0.5, 0.6) is 0 Å². The van der Waals surface area contributed by atoms with Gasteiger partial charge >= 0.3 is 0 Å². The quantitative estimate of drug-likeness (QED) is 0.620. The fourth-order valence-corrected chi connectivity index (χ4v) is 1.72. The van der Waals surface area contributed by atoms with Gasteiger partial charge < -0.3 is 10.6 Å². The molecule has 0 fully saturated rings. The van der Waals surface area contributed by atoms with Crippen molar-refractivity contribution >= 4 is 23.2 Å². The molecule has 1 aromatic rings. The molecular weight excluding hydrogens is 194 g/mol. The standard InChI is InChI=1S/C10H11N3O2/c1-11-5-3-4-6(12-2)8-7(5)9(14)13-10(8)15/h3-4,11-12H,1-2H3,(H,13,14,15). The maximum absolute atomic E-state index is 11.5. The summed E-state index contributed by atoms with van der Waals surface area (Å²) in [5, 5.41) is 8.05. The van der Waals surface area contributed by atoms with E-state index in [-0.39, 0.29) is 11.8 Å². The lowest BCUT2D eigenvalue weighted by molar-refractivity contribution is 0.0880. The van der Waals surface area contributed by atoms with Crippen molar-refractivity contribution in [3.8, 4) is 0 Å². The minimum atomic E-state index is -0.351. The summed E-state index contributed by atoms with van der Waals surface area (Å²) >= 11 is 0. The maximum Gasteiger partial charge on any atom is 0.261 e. The van der Waals surface area contributed by atoms with Crippen molar-refractivity contribution in [3.63, 3.8) is 0 Å². The molecule has 78 valence electrons. The second kappa shape index (κ2) is 3.27. The van der Waals surface area contributed by atoms with E-state index < -0.39 is 0 Å². The Balaban J connectivity index is 2.72. The molecule has 0 bridgehead atoms. The molecule has 2 amide bonds. The van der Waals surface area contributed by atoms with Gasteiger partial charge in [-0.2, -0.15) is 0 Å². The summed E-state index contributed by atoms with van der Waals surface area (Å²) < 4.78 is 0. The smallest absolute Gasteiger partial charge is 0.261 e. The molecular formula is C10H11N3O2. The van der Waals surface area contributed by atoms with Gasteiger partial charge in [-0.25, -0.2) is 0 Å². The maximum atomic E-state index is 11.5. The van der Waals surface area contributed by atoms with Crippen LogP contribution < -0.4 is 16.0 Å². The van der Waals surface area contributed by atoms with Gasteiger partial charge in [-0.3, -0.25) is 14.9 Å². The van der Waals surface area contributed by atoms with Gasteiger partial charge in [0.2, 0.25) is 0 Å². The zero-order chi connectivity index (χ0) is 11.0. The molecule has 3 N–H and O–H groups in total. The topological polar surface area (TPSA) is 70.2 Å². The van der Waals surface area contributed by atoms with Gasteiger partial charge in [-0.15, -0.1) is 0 Å². The Labute approximate surface area is 86.9 Å². The van der Waals surface area contributed by atoms with Crippen LogP contribution in [0.1, 0.15) is 20.7 Å². The third kappa shape index (κ3) is 1.24. The summed E-state index contributed by atoms with van der Waals surface area (Å²) in [4.78, 5) is 23.0. The van der Waals surface area contributed by atoms with Crippen LogP contribution in [-0.4, -0.2) is 25.9 Å². The van der Waals surface area contributed by atoms with Crippen molar-refractivity contribution in [1.29, 1.82) is 0 Å². The number of benzene rings is 1. The molecule has 1 aliphatic rings. The van der Waals surface area contributed by atoms with Crippen LogP contribution in [0.25, 0.3) is 0 Å². The highest BCUT2D eigenvalue weighted by atomic mass is 16.2. The summed E-state index contributed by atoms with van der Waals surface area (Å²) in [6.45, 7) is 0. The molecule has 2 rings (SSSR count). The van der Waals surface area contributed by atoms with Crippen molar-refractivity contribution in [1.82, 2.24) is 5.32 Å². The molecule has 1 aliphatic heterocycles. The number of fused-ring (bicyclic) bond motifs is 1. The Morgan fingerprint density at radius 2 is 1.33 bits per heavy atom. The number of rotatable bonds is 2.